The molecule has 0 saturated carbocycles. The molecule has 3 aliphatic rings. The van der Waals surface area contributed by atoms with Crippen LogP contribution in [0.4, 0.5) is 9.18 Å². The number of amides is 4. The average molecular weight is 465 g/mol. The number of hydrogen-bond acceptors (Lipinski definition) is 5. The molecule has 1 aliphatic carbocycles. The second kappa shape index (κ2) is 9.11. The van der Waals surface area contributed by atoms with E-state index in [1.165, 1.54) is 11.0 Å². The topological polar surface area (TPSA) is 147 Å². The molecular formula is C23H20FN5O5. The third kappa shape index (κ3) is 4.47. The van der Waals surface area contributed by atoms with Gasteiger partial charge in [0.25, 0.3) is 17.4 Å². The van der Waals surface area contributed by atoms with Crippen molar-refractivity contribution >= 4 is 28.7 Å². The molecule has 11 heteroatoms. The predicted octanol–water partition coefficient (Wildman–Crippen LogP) is 1.26. The number of aromatic nitrogens is 2. The van der Waals surface area contributed by atoms with Crippen molar-refractivity contribution in [3.8, 4) is 11.8 Å². The summed E-state index contributed by atoms with van der Waals surface area (Å²) < 4.78 is 13.7. The molecule has 174 valence electrons. The highest BCUT2D eigenvalue weighted by atomic mass is 19.1. The number of carbonyl (C=O) groups excluding carboxylic acids is 3. The van der Waals surface area contributed by atoms with Crippen molar-refractivity contribution in [2.45, 2.75) is 18.9 Å². The van der Waals surface area contributed by atoms with Crippen molar-refractivity contribution in [3.05, 3.63) is 69.0 Å². The lowest BCUT2D eigenvalue weighted by atomic mass is 10.0. The van der Waals surface area contributed by atoms with Crippen LogP contribution in [-0.4, -0.2) is 57.7 Å². The predicted molar refractivity (Wildman–Crippen MR) is 120 cm³/mol. The zero-order chi connectivity index (χ0) is 24.4. The Kier molecular flexibility index (Phi) is 6.05. The lowest BCUT2D eigenvalue weighted by Gasteiger charge is -2.07. The minimum absolute atomic E-state index is 0.0550. The summed E-state index contributed by atoms with van der Waals surface area (Å²) in [5.74, 6) is 3.37. The van der Waals surface area contributed by atoms with Crippen LogP contribution < -0.4 is 16.2 Å². The van der Waals surface area contributed by atoms with Crippen molar-refractivity contribution in [1.82, 2.24) is 25.7 Å². The molecule has 5 rings (SSSR count). The van der Waals surface area contributed by atoms with Gasteiger partial charge in [0.05, 0.1) is 16.5 Å². The number of imide groups is 1. The number of urea groups is 1. The molecule has 4 amide bonds. The first-order chi connectivity index (χ1) is 16.2. The summed E-state index contributed by atoms with van der Waals surface area (Å²) in [6.45, 7) is 0.461. The Labute approximate surface area is 192 Å². The monoisotopic (exact) mass is 465 g/mol. The van der Waals surface area contributed by atoms with Crippen LogP contribution in [0.2, 0.25) is 0 Å². The number of aromatic amines is 2. The number of aliphatic hydroxyl groups excluding tert-OH is 1. The molecule has 0 radical (unpaired) electrons. The van der Waals surface area contributed by atoms with E-state index in [4.69, 9.17) is 0 Å². The molecule has 34 heavy (non-hydrogen) atoms. The number of carbonyl (C=O) groups is 3. The molecule has 10 nitrogen and oxygen atoms in total. The quantitative estimate of drug-likeness (QED) is 0.294. The summed E-state index contributed by atoms with van der Waals surface area (Å²) in [5, 5.41) is 19.5. The fourth-order valence-corrected chi connectivity index (χ4v) is 3.67. The third-order valence-corrected chi connectivity index (χ3v) is 5.39. The number of likely N-dealkylation sites (N-methyl/N-ethyl adjacent to an activating group) is 1. The van der Waals surface area contributed by atoms with Crippen molar-refractivity contribution in [3.63, 3.8) is 0 Å². The number of allylic oxidation sites excluding steroid dienone is 2. The van der Waals surface area contributed by atoms with Gasteiger partial charge in [-0.25, -0.2) is 9.18 Å². The highest BCUT2D eigenvalue weighted by molar-refractivity contribution is 6.06. The van der Waals surface area contributed by atoms with E-state index in [0.717, 1.165) is 12.0 Å². The number of hydrogen-bond donors (Lipinski definition) is 5. The standard InChI is InChI=1S/C12H8N4O3.C11H12FNO2/c17-10-7-3-1-6(5-9(7)15-16-10)2-4-8-11(18)14-12(19)13-8;1-13-6-7-4-2-3-5-8(14)10(12)9(7)11(13)15/h1,3,5,8H,(H2,15,16,17)(H2,13,14,18,19);3,5,14H,2,4,6H2,1H3/b;5-3-,10-8-/t8-;/m0./s1. The summed E-state index contributed by atoms with van der Waals surface area (Å²) in [6.07, 6.45) is 4.41. The average Bonchev–Trinajstić information content (AvgIpc) is 3.43. The van der Waals surface area contributed by atoms with Gasteiger partial charge < -0.3 is 15.3 Å². The Hall–Kier alpha value is -4.59. The van der Waals surface area contributed by atoms with Crippen LogP contribution in [-0.2, 0) is 9.59 Å². The van der Waals surface area contributed by atoms with Crippen LogP contribution in [0.5, 0.6) is 0 Å². The Bertz CT molecular complexity index is 1420. The maximum absolute atomic E-state index is 13.7. The van der Waals surface area contributed by atoms with Gasteiger partial charge in [0.15, 0.2) is 17.6 Å². The van der Waals surface area contributed by atoms with Crippen LogP contribution in [0, 0.1) is 11.8 Å². The van der Waals surface area contributed by atoms with E-state index in [1.807, 2.05) is 0 Å². The summed E-state index contributed by atoms with van der Waals surface area (Å²) in [6, 6.07) is 3.62. The van der Waals surface area contributed by atoms with Gasteiger partial charge in [0.1, 0.15) is 0 Å². The summed E-state index contributed by atoms with van der Waals surface area (Å²) in [5.41, 5.74) is 1.90. The zero-order valence-corrected chi connectivity index (χ0v) is 18.0. The van der Waals surface area contributed by atoms with E-state index in [1.54, 1.807) is 31.3 Å². The number of aliphatic hydroxyl groups is 1. The van der Waals surface area contributed by atoms with Gasteiger partial charge in [-0.05, 0) is 42.7 Å². The Morgan fingerprint density at radius 2 is 1.97 bits per heavy atom. The molecule has 1 atom stereocenters. The fraction of sp³-hybridized carbons (Fsp3) is 0.217. The summed E-state index contributed by atoms with van der Waals surface area (Å²) in [7, 11) is 1.63. The second-order valence-corrected chi connectivity index (χ2v) is 7.78. The molecule has 1 aromatic heterocycles. The molecule has 3 heterocycles. The molecular weight excluding hydrogens is 445 g/mol. The molecule has 1 fully saturated rings. The van der Waals surface area contributed by atoms with Crippen LogP contribution in [0.1, 0.15) is 18.4 Å². The van der Waals surface area contributed by atoms with E-state index in [0.29, 0.717) is 29.4 Å². The summed E-state index contributed by atoms with van der Waals surface area (Å²) >= 11 is 0. The van der Waals surface area contributed by atoms with Crippen LogP contribution in [0.25, 0.3) is 10.9 Å². The van der Waals surface area contributed by atoms with Crippen LogP contribution in [0.15, 0.2) is 57.9 Å². The Morgan fingerprint density at radius 1 is 1.18 bits per heavy atom. The second-order valence-electron chi connectivity index (χ2n) is 7.78. The van der Waals surface area contributed by atoms with Crippen LogP contribution in [0.3, 0.4) is 0 Å². The maximum atomic E-state index is 13.7. The molecule has 0 spiro atoms. The highest BCUT2D eigenvalue weighted by Gasteiger charge is 2.32. The highest BCUT2D eigenvalue weighted by Crippen LogP contribution is 2.31. The lowest BCUT2D eigenvalue weighted by molar-refractivity contribution is -0.124. The van der Waals surface area contributed by atoms with Gasteiger partial charge >= 0.3 is 6.03 Å². The van der Waals surface area contributed by atoms with Crippen molar-refractivity contribution in [2.24, 2.45) is 0 Å². The Balaban J connectivity index is 0.000000166. The number of nitrogens with zero attached hydrogens (tertiary/aromatic N) is 1. The lowest BCUT2D eigenvalue weighted by Crippen LogP contribution is -2.26. The molecule has 5 N–H and O–H groups in total. The van der Waals surface area contributed by atoms with E-state index < -0.39 is 29.6 Å². The molecule has 1 saturated heterocycles. The van der Waals surface area contributed by atoms with Gasteiger partial charge in [-0.1, -0.05) is 17.9 Å². The van der Waals surface area contributed by atoms with Gasteiger partial charge in [-0.3, -0.25) is 29.9 Å². The van der Waals surface area contributed by atoms with Crippen molar-refractivity contribution < 1.29 is 23.9 Å². The first-order valence-electron chi connectivity index (χ1n) is 10.3. The van der Waals surface area contributed by atoms with Gasteiger partial charge in [-0.2, -0.15) is 0 Å². The molecule has 2 aliphatic heterocycles. The fourth-order valence-electron chi connectivity index (χ4n) is 3.67. The molecule has 2 aromatic rings. The van der Waals surface area contributed by atoms with E-state index in [2.05, 4.69) is 32.7 Å². The number of nitrogens with one attached hydrogen (secondary N) is 4. The largest absolute Gasteiger partial charge is 0.505 e. The number of fused-ring (bicyclic) bond motifs is 1. The molecule has 1 aromatic carbocycles. The van der Waals surface area contributed by atoms with Crippen molar-refractivity contribution in [2.75, 3.05) is 13.6 Å². The number of halogens is 1. The first kappa shape index (κ1) is 22.6. The van der Waals surface area contributed by atoms with Gasteiger partial charge in [-0.15, -0.1) is 0 Å². The van der Waals surface area contributed by atoms with Gasteiger partial charge in [0.2, 0.25) is 0 Å². The van der Waals surface area contributed by atoms with Crippen LogP contribution >= 0.6 is 0 Å². The third-order valence-electron chi connectivity index (χ3n) is 5.39. The number of H-pyrrole nitrogens is 2. The first-order valence-corrected chi connectivity index (χ1v) is 10.3. The number of benzene rings is 1. The smallest absolute Gasteiger partial charge is 0.322 e. The minimum atomic E-state index is -0.839. The van der Waals surface area contributed by atoms with E-state index >= 15 is 0 Å². The SMILES string of the molecule is CN1CC2=C(C1=O)/C(F)=C(O)\C=C/CC2.O=C1NC(=O)[C@H](C#Cc2ccc3c(=O)[nH][nH]c3c2)N1. The van der Waals surface area contributed by atoms with Gasteiger partial charge in [0, 0.05) is 19.2 Å². The molecule has 0 bridgehead atoms. The number of rotatable bonds is 0. The normalized spacial score (nSPS) is 22.7. The Morgan fingerprint density at radius 3 is 2.71 bits per heavy atom. The van der Waals surface area contributed by atoms with Crippen molar-refractivity contribution in [1.29, 1.82) is 0 Å². The maximum Gasteiger partial charge on any atom is 0.322 e. The van der Waals surface area contributed by atoms with E-state index in [-0.39, 0.29) is 17.0 Å². The molecule has 0 unspecified atom stereocenters. The minimum Gasteiger partial charge on any atom is -0.505 e. The summed E-state index contributed by atoms with van der Waals surface area (Å²) in [4.78, 5) is 46.6. The van der Waals surface area contributed by atoms with E-state index in [9.17, 15) is 28.7 Å². The zero-order valence-electron chi connectivity index (χ0n) is 18.0.